The van der Waals surface area contributed by atoms with Crippen LogP contribution in [0.1, 0.15) is 23.2 Å². The topological polar surface area (TPSA) is 82.4 Å². The Morgan fingerprint density at radius 3 is 2.38 bits per heavy atom. The van der Waals surface area contributed by atoms with Gasteiger partial charge in [-0.1, -0.05) is 17.7 Å². The number of benzene rings is 1. The molecule has 1 heterocycles. The molecule has 0 bridgehead atoms. The SMILES string of the molecule is Cc1ccc(S(=O)(=O)n2ccc3c2CC(OS(C)(=O)=O)CC3)cc1. The summed E-state index contributed by atoms with van der Waals surface area (Å²) in [5.41, 5.74) is 2.49. The van der Waals surface area contributed by atoms with E-state index in [4.69, 9.17) is 4.18 Å². The number of aryl methyl sites for hydroxylation is 2. The van der Waals surface area contributed by atoms with E-state index in [2.05, 4.69) is 0 Å². The van der Waals surface area contributed by atoms with Gasteiger partial charge in [-0.05, 0) is 43.5 Å². The van der Waals surface area contributed by atoms with Crippen molar-refractivity contribution in [3.05, 3.63) is 53.3 Å². The second-order valence-electron chi connectivity index (χ2n) is 6.07. The van der Waals surface area contributed by atoms with Crippen molar-refractivity contribution in [3.8, 4) is 0 Å². The standard InChI is InChI=1S/C16H19NO5S2/c1-12-3-7-15(8-4-12)24(20,21)17-10-9-13-5-6-14(11-16(13)17)22-23(2,18)19/h3-4,7-10,14H,5-6,11H2,1-2H3. The fraction of sp³-hybridized carbons (Fsp3) is 0.375. The van der Waals surface area contributed by atoms with Gasteiger partial charge in [0.25, 0.3) is 20.1 Å². The van der Waals surface area contributed by atoms with Crippen molar-refractivity contribution in [3.63, 3.8) is 0 Å². The molecule has 24 heavy (non-hydrogen) atoms. The molecule has 1 aliphatic rings. The summed E-state index contributed by atoms with van der Waals surface area (Å²) in [6, 6.07) is 8.42. The van der Waals surface area contributed by atoms with Crippen LogP contribution in [0, 0.1) is 6.92 Å². The summed E-state index contributed by atoms with van der Waals surface area (Å²) in [7, 11) is -7.28. The maximum atomic E-state index is 12.9. The maximum absolute atomic E-state index is 12.9. The van der Waals surface area contributed by atoms with Gasteiger partial charge in [0.15, 0.2) is 0 Å². The second-order valence-corrected chi connectivity index (χ2v) is 9.48. The Kier molecular flexibility index (Phi) is 4.31. The van der Waals surface area contributed by atoms with Crippen molar-refractivity contribution in [2.24, 2.45) is 0 Å². The molecule has 1 atom stereocenters. The molecule has 1 aliphatic carbocycles. The van der Waals surface area contributed by atoms with E-state index in [0.717, 1.165) is 17.4 Å². The third-order valence-corrected chi connectivity index (χ3v) is 6.44. The number of hydrogen-bond donors (Lipinski definition) is 0. The molecule has 0 saturated heterocycles. The zero-order valence-corrected chi connectivity index (χ0v) is 15.1. The first-order valence-electron chi connectivity index (χ1n) is 7.56. The Labute approximate surface area is 142 Å². The molecule has 1 aromatic carbocycles. The zero-order valence-electron chi connectivity index (χ0n) is 13.5. The van der Waals surface area contributed by atoms with Gasteiger partial charge in [0.2, 0.25) is 0 Å². The predicted molar refractivity (Wildman–Crippen MR) is 89.9 cm³/mol. The van der Waals surface area contributed by atoms with Gasteiger partial charge in [-0.15, -0.1) is 0 Å². The van der Waals surface area contributed by atoms with Gasteiger partial charge in [-0.2, -0.15) is 8.42 Å². The lowest BCUT2D eigenvalue weighted by atomic mass is 9.96. The summed E-state index contributed by atoms with van der Waals surface area (Å²) in [4.78, 5) is 0.206. The highest BCUT2D eigenvalue weighted by Crippen LogP contribution is 2.28. The third-order valence-electron chi connectivity index (χ3n) is 4.09. The lowest BCUT2D eigenvalue weighted by molar-refractivity contribution is 0.193. The molecule has 0 amide bonds. The van der Waals surface area contributed by atoms with Crippen LogP contribution in [0.4, 0.5) is 0 Å². The summed E-state index contributed by atoms with van der Waals surface area (Å²) in [6.07, 6.45) is 3.39. The van der Waals surface area contributed by atoms with E-state index in [1.165, 1.54) is 10.2 Å². The number of hydrogen-bond acceptors (Lipinski definition) is 5. The molecular weight excluding hydrogens is 350 g/mol. The molecule has 1 aromatic heterocycles. The number of fused-ring (bicyclic) bond motifs is 1. The minimum absolute atomic E-state index is 0.206. The molecule has 2 aromatic rings. The average molecular weight is 369 g/mol. The molecule has 130 valence electrons. The monoisotopic (exact) mass is 369 g/mol. The zero-order chi connectivity index (χ0) is 17.5. The van der Waals surface area contributed by atoms with Crippen LogP contribution in [-0.2, 0) is 37.2 Å². The van der Waals surface area contributed by atoms with Crippen LogP contribution >= 0.6 is 0 Å². The molecule has 0 N–H and O–H groups in total. The van der Waals surface area contributed by atoms with Crippen LogP contribution in [0.15, 0.2) is 41.4 Å². The van der Waals surface area contributed by atoms with Crippen LogP contribution in [0.5, 0.6) is 0 Å². The molecule has 3 rings (SSSR count). The largest absolute Gasteiger partial charge is 0.267 e. The van der Waals surface area contributed by atoms with Gasteiger partial charge >= 0.3 is 0 Å². The lowest BCUT2D eigenvalue weighted by Crippen LogP contribution is -2.27. The van der Waals surface area contributed by atoms with Crippen LogP contribution in [0.3, 0.4) is 0 Å². The molecular formula is C16H19NO5S2. The highest BCUT2D eigenvalue weighted by Gasteiger charge is 2.29. The normalized spacial score (nSPS) is 18.3. The Morgan fingerprint density at radius 1 is 1.08 bits per heavy atom. The van der Waals surface area contributed by atoms with Gasteiger partial charge < -0.3 is 0 Å². The summed E-state index contributed by atoms with van der Waals surface area (Å²) in [6.45, 7) is 1.89. The summed E-state index contributed by atoms with van der Waals surface area (Å²) in [5, 5.41) is 0. The van der Waals surface area contributed by atoms with Crippen LogP contribution in [0.25, 0.3) is 0 Å². The van der Waals surface area contributed by atoms with Crippen molar-refractivity contribution in [2.45, 2.75) is 37.2 Å². The Bertz CT molecular complexity index is 956. The van der Waals surface area contributed by atoms with Crippen LogP contribution in [0.2, 0.25) is 0 Å². The number of rotatable bonds is 4. The number of aromatic nitrogens is 1. The quantitative estimate of drug-likeness (QED) is 0.769. The van der Waals surface area contributed by atoms with E-state index < -0.39 is 26.2 Å². The minimum atomic E-state index is -3.71. The van der Waals surface area contributed by atoms with E-state index >= 15 is 0 Å². The molecule has 6 nitrogen and oxygen atoms in total. The Morgan fingerprint density at radius 2 is 1.75 bits per heavy atom. The molecule has 1 unspecified atom stereocenters. The van der Waals surface area contributed by atoms with Crippen molar-refractivity contribution in [1.29, 1.82) is 0 Å². The summed E-state index contributed by atoms with van der Waals surface area (Å²) in [5.74, 6) is 0. The van der Waals surface area contributed by atoms with E-state index in [9.17, 15) is 16.8 Å². The maximum Gasteiger partial charge on any atom is 0.267 e. The van der Waals surface area contributed by atoms with Gasteiger partial charge in [0.05, 0.1) is 17.3 Å². The molecule has 8 heteroatoms. The predicted octanol–water partition coefficient (Wildman–Crippen LogP) is 1.87. The fourth-order valence-corrected chi connectivity index (χ4v) is 5.02. The highest BCUT2D eigenvalue weighted by molar-refractivity contribution is 7.90. The molecule has 0 saturated carbocycles. The first-order valence-corrected chi connectivity index (χ1v) is 10.8. The summed E-state index contributed by atoms with van der Waals surface area (Å²) >= 11 is 0. The van der Waals surface area contributed by atoms with E-state index in [-0.39, 0.29) is 11.3 Å². The van der Waals surface area contributed by atoms with Crippen LogP contribution < -0.4 is 0 Å². The molecule has 0 fully saturated rings. The molecule has 0 radical (unpaired) electrons. The van der Waals surface area contributed by atoms with Crippen molar-refractivity contribution < 1.29 is 21.0 Å². The Hall–Kier alpha value is -1.64. The van der Waals surface area contributed by atoms with E-state index in [1.807, 2.05) is 6.92 Å². The highest BCUT2D eigenvalue weighted by atomic mass is 32.2. The van der Waals surface area contributed by atoms with Crippen molar-refractivity contribution in [2.75, 3.05) is 6.26 Å². The first kappa shape index (κ1) is 17.2. The van der Waals surface area contributed by atoms with Gasteiger partial charge in [0, 0.05) is 18.3 Å². The minimum Gasteiger partial charge on any atom is -0.267 e. The molecule has 0 aliphatic heterocycles. The Balaban J connectivity index is 1.97. The van der Waals surface area contributed by atoms with E-state index in [0.29, 0.717) is 18.5 Å². The average Bonchev–Trinajstić information content (AvgIpc) is 2.89. The van der Waals surface area contributed by atoms with Gasteiger partial charge in [-0.25, -0.2) is 12.4 Å². The summed E-state index contributed by atoms with van der Waals surface area (Å²) < 4.78 is 54.7. The van der Waals surface area contributed by atoms with Crippen molar-refractivity contribution >= 4 is 20.1 Å². The first-order chi connectivity index (χ1) is 11.2. The lowest BCUT2D eigenvalue weighted by Gasteiger charge is -2.23. The van der Waals surface area contributed by atoms with Crippen molar-refractivity contribution in [1.82, 2.24) is 3.97 Å². The van der Waals surface area contributed by atoms with Crippen LogP contribution in [-0.4, -0.2) is 33.2 Å². The van der Waals surface area contributed by atoms with Gasteiger partial charge in [0.1, 0.15) is 0 Å². The fourth-order valence-electron chi connectivity index (χ4n) is 2.95. The number of nitrogens with zero attached hydrogens (tertiary/aromatic N) is 1. The molecule has 0 spiro atoms. The third kappa shape index (κ3) is 3.40. The van der Waals surface area contributed by atoms with Gasteiger partial charge in [-0.3, -0.25) is 4.18 Å². The van der Waals surface area contributed by atoms with E-state index in [1.54, 1.807) is 30.3 Å². The second kappa shape index (κ2) is 6.02. The smallest absolute Gasteiger partial charge is 0.267 e.